The van der Waals surface area contributed by atoms with Crippen LogP contribution in [-0.4, -0.2) is 10.7 Å². The summed E-state index contributed by atoms with van der Waals surface area (Å²) in [6.07, 6.45) is 6.02. The third-order valence-corrected chi connectivity index (χ3v) is 4.48. The maximum Gasteiger partial charge on any atom is 0.0270 e. The fourth-order valence-corrected chi connectivity index (χ4v) is 2.87. The molecule has 0 unspecified atom stereocenters. The number of aryl methyl sites for hydroxylation is 1. The van der Waals surface area contributed by atoms with E-state index in [1.165, 1.54) is 22.4 Å². The maximum absolute atomic E-state index is 4.04. The van der Waals surface area contributed by atoms with Gasteiger partial charge in [0.25, 0.3) is 0 Å². The van der Waals surface area contributed by atoms with Crippen LogP contribution in [0.2, 0.25) is 0 Å². The first kappa shape index (κ1) is 14.1. The Bertz CT molecular complexity index is 478. The molecule has 0 aliphatic carbocycles. The lowest BCUT2D eigenvalue weighted by Crippen LogP contribution is -1.91. The number of nitrogens with zero attached hydrogens (tertiary/aromatic N) is 1. The fourth-order valence-electron chi connectivity index (χ4n) is 1.96. The first-order chi connectivity index (χ1) is 9.29. The second-order valence-corrected chi connectivity index (χ2v) is 6.00. The lowest BCUT2D eigenvalue weighted by molar-refractivity contribution is 0.733. The van der Waals surface area contributed by atoms with Crippen LogP contribution in [0.1, 0.15) is 37.3 Å². The van der Waals surface area contributed by atoms with Crippen molar-refractivity contribution in [2.75, 3.05) is 5.75 Å². The molecule has 19 heavy (non-hydrogen) atoms. The highest BCUT2D eigenvalue weighted by molar-refractivity contribution is 7.99. The number of hydrogen-bond donors (Lipinski definition) is 0. The lowest BCUT2D eigenvalue weighted by atomic mass is 9.99. The molecule has 0 aliphatic rings. The zero-order valence-electron chi connectivity index (χ0n) is 11.7. The Labute approximate surface area is 120 Å². The number of pyridine rings is 1. The van der Waals surface area contributed by atoms with E-state index in [1.807, 2.05) is 24.2 Å². The summed E-state index contributed by atoms with van der Waals surface area (Å²) in [6.45, 7) is 4.52. The van der Waals surface area contributed by atoms with Gasteiger partial charge in [0.15, 0.2) is 0 Å². The van der Waals surface area contributed by atoms with Crippen LogP contribution in [0.4, 0.5) is 0 Å². The topological polar surface area (TPSA) is 12.9 Å². The Hall–Kier alpha value is -1.28. The smallest absolute Gasteiger partial charge is 0.0270 e. The van der Waals surface area contributed by atoms with Gasteiger partial charge in [-0.05, 0) is 54.2 Å². The molecule has 0 N–H and O–H groups in total. The van der Waals surface area contributed by atoms with Crippen molar-refractivity contribution in [3.63, 3.8) is 0 Å². The van der Waals surface area contributed by atoms with Crippen molar-refractivity contribution in [1.82, 2.24) is 4.98 Å². The van der Waals surface area contributed by atoms with Crippen molar-refractivity contribution >= 4 is 11.8 Å². The van der Waals surface area contributed by atoms with E-state index in [0.717, 1.165) is 12.2 Å². The molecule has 0 bridgehead atoms. The molecule has 1 nitrogen and oxygen atoms in total. The summed E-state index contributed by atoms with van der Waals surface area (Å²) < 4.78 is 0. The quantitative estimate of drug-likeness (QED) is 0.691. The van der Waals surface area contributed by atoms with Gasteiger partial charge >= 0.3 is 0 Å². The molecule has 0 fully saturated rings. The van der Waals surface area contributed by atoms with E-state index in [4.69, 9.17) is 0 Å². The van der Waals surface area contributed by atoms with Gasteiger partial charge in [-0.3, -0.25) is 4.98 Å². The molecular formula is C17H21NS. The van der Waals surface area contributed by atoms with Crippen molar-refractivity contribution in [2.45, 2.75) is 37.5 Å². The van der Waals surface area contributed by atoms with Crippen molar-refractivity contribution in [3.8, 4) is 0 Å². The predicted molar refractivity (Wildman–Crippen MR) is 83.8 cm³/mol. The van der Waals surface area contributed by atoms with E-state index >= 15 is 0 Å². The summed E-state index contributed by atoms with van der Waals surface area (Å²) >= 11 is 1.92. The van der Waals surface area contributed by atoms with Gasteiger partial charge < -0.3 is 0 Å². The highest BCUT2D eigenvalue weighted by Crippen LogP contribution is 2.24. The van der Waals surface area contributed by atoms with Gasteiger partial charge in [0.1, 0.15) is 0 Å². The third-order valence-electron chi connectivity index (χ3n) is 3.47. The molecule has 0 radical (unpaired) electrons. The third kappa shape index (κ3) is 4.39. The Kier molecular flexibility index (Phi) is 5.46. The van der Waals surface area contributed by atoms with Crippen LogP contribution >= 0.6 is 11.8 Å². The maximum atomic E-state index is 4.04. The molecule has 0 saturated heterocycles. The molecule has 1 heterocycles. The molecule has 0 amide bonds. The summed E-state index contributed by atoms with van der Waals surface area (Å²) in [5.41, 5.74) is 2.81. The molecular weight excluding hydrogens is 250 g/mol. The average Bonchev–Trinajstić information content (AvgIpc) is 2.48. The van der Waals surface area contributed by atoms with Crippen molar-refractivity contribution < 1.29 is 0 Å². The Morgan fingerprint density at radius 1 is 1.05 bits per heavy atom. The minimum absolute atomic E-state index is 0.663. The van der Waals surface area contributed by atoms with E-state index in [2.05, 4.69) is 55.2 Å². The van der Waals surface area contributed by atoms with E-state index in [9.17, 15) is 0 Å². The van der Waals surface area contributed by atoms with Gasteiger partial charge in [-0.2, -0.15) is 0 Å². The lowest BCUT2D eigenvalue weighted by Gasteiger charge is -2.09. The van der Waals surface area contributed by atoms with Crippen molar-refractivity contribution in [2.24, 2.45) is 0 Å². The monoisotopic (exact) mass is 271 g/mol. The number of benzene rings is 1. The molecule has 2 aromatic rings. The highest BCUT2D eigenvalue weighted by atomic mass is 32.2. The summed E-state index contributed by atoms with van der Waals surface area (Å²) in [7, 11) is 0. The van der Waals surface area contributed by atoms with E-state index < -0.39 is 0 Å². The van der Waals surface area contributed by atoms with Crippen LogP contribution in [-0.2, 0) is 6.42 Å². The largest absolute Gasteiger partial charge is 0.265 e. The molecule has 1 atom stereocenters. The normalized spacial score (nSPS) is 12.3. The summed E-state index contributed by atoms with van der Waals surface area (Å²) in [4.78, 5) is 5.40. The first-order valence-electron chi connectivity index (χ1n) is 6.91. The standard InChI is InChI=1S/C17H21NS/c1-3-14(2)16-4-6-17(7-5-16)19-13-10-15-8-11-18-12-9-15/h4-9,11-12,14H,3,10,13H2,1-2H3/t14-/m0/s1. The zero-order valence-corrected chi connectivity index (χ0v) is 12.5. The van der Waals surface area contributed by atoms with Gasteiger partial charge in [-0.1, -0.05) is 26.0 Å². The molecule has 0 saturated carbocycles. The van der Waals surface area contributed by atoms with Crippen LogP contribution < -0.4 is 0 Å². The predicted octanol–water partition coefficient (Wildman–Crippen LogP) is 4.93. The van der Waals surface area contributed by atoms with Gasteiger partial charge in [0.05, 0.1) is 0 Å². The fraction of sp³-hybridized carbons (Fsp3) is 0.353. The number of thioether (sulfide) groups is 1. The highest BCUT2D eigenvalue weighted by Gasteiger charge is 2.02. The van der Waals surface area contributed by atoms with Crippen LogP contribution in [0.15, 0.2) is 53.7 Å². The van der Waals surface area contributed by atoms with Gasteiger partial charge in [-0.15, -0.1) is 11.8 Å². The molecule has 1 aromatic heterocycles. The number of aromatic nitrogens is 1. The van der Waals surface area contributed by atoms with Crippen LogP contribution in [0.5, 0.6) is 0 Å². The number of rotatable bonds is 6. The minimum Gasteiger partial charge on any atom is -0.265 e. The molecule has 100 valence electrons. The van der Waals surface area contributed by atoms with E-state index in [0.29, 0.717) is 5.92 Å². The Balaban J connectivity index is 1.83. The second kappa shape index (κ2) is 7.34. The first-order valence-corrected chi connectivity index (χ1v) is 7.90. The minimum atomic E-state index is 0.663. The van der Waals surface area contributed by atoms with E-state index in [1.54, 1.807) is 0 Å². The number of hydrogen-bond acceptors (Lipinski definition) is 2. The van der Waals surface area contributed by atoms with Crippen LogP contribution in [0.3, 0.4) is 0 Å². The van der Waals surface area contributed by atoms with Crippen molar-refractivity contribution in [3.05, 3.63) is 59.9 Å². The van der Waals surface area contributed by atoms with Gasteiger partial charge in [-0.25, -0.2) is 0 Å². The summed E-state index contributed by atoms with van der Waals surface area (Å²) in [5, 5.41) is 0. The Morgan fingerprint density at radius 2 is 1.74 bits per heavy atom. The van der Waals surface area contributed by atoms with E-state index in [-0.39, 0.29) is 0 Å². The summed E-state index contributed by atoms with van der Waals surface area (Å²) in [6, 6.07) is 13.2. The molecule has 1 aromatic carbocycles. The summed E-state index contributed by atoms with van der Waals surface area (Å²) in [5.74, 6) is 1.78. The molecule has 2 rings (SSSR count). The second-order valence-electron chi connectivity index (χ2n) is 4.83. The van der Waals surface area contributed by atoms with Crippen molar-refractivity contribution in [1.29, 1.82) is 0 Å². The Morgan fingerprint density at radius 3 is 2.37 bits per heavy atom. The van der Waals surface area contributed by atoms with Crippen LogP contribution in [0.25, 0.3) is 0 Å². The van der Waals surface area contributed by atoms with Crippen LogP contribution in [0, 0.1) is 0 Å². The van der Waals surface area contributed by atoms with Gasteiger partial charge in [0.2, 0.25) is 0 Å². The SMILES string of the molecule is CC[C@H](C)c1ccc(SCCc2ccncc2)cc1. The average molecular weight is 271 g/mol. The molecule has 0 aliphatic heterocycles. The molecule has 2 heteroatoms. The molecule has 0 spiro atoms. The zero-order chi connectivity index (χ0) is 13.5. The van der Waals surface area contributed by atoms with Gasteiger partial charge in [0, 0.05) is 23.0 Å².